The van der Waals surface area contributed by atoms with Gasteiger partial charge in [-0.15, -0.1) is 0 Å². The van der Waals surface area contributed by atoms with Crippen LogP contribution >= 0.6 is 15.9 Å². The first kappa shape index (κ1) is 28.9. The molecule has 0 aliphatic heterocycles. The van der Waals surface area contributed by atoms with Crippen molar-refractivity contribution in [3.8, 4) is 0 Å². The summed E-state index contributed by atoms with van der Waals surface area (Å²) in [6.45, 7) is 12.2. The van der Waals surface area contributed by atoms with Gasteiger partial charge in [-0.1, -0.05) is 70.5 Å². The summed E-state index contributed by atoms with van der Waals surface area (Å²) in [6.07, 6.45) is 1.19. The number of nitrogens with zero attached hydrogens (tertiary/aromatic N) is 1. The normalized spacial score (nSPS) is 13.6. The molecule has 0 radical (unpaired) electrons. The average Bonchev–Trinajstić information content (AvgIpc) is 2.78. The third-order valence-corrected chi connectivity index (χ3v) is 6.72. The zero-order chi connectivity index (χ0) is 26.2. The second kappa shape index (κ2) is 12.6. The largest absolute Gasteiger partial charge is 0.466 e. The molecule has 2 aromatic rings. The zero-order valence-corrected chi connectivity index (χ0v) is 23.7. The zero-order valence-electron chi connectivity index (χ0n) is 22.1. The second-order valence-corrected chi connectivity index (χ2v) is 11.8. The fraction of sp³-hybridized carbons (Fsp3) is 0.517. The van der Waals surface area contributed by atoms with Crippen LogP contribution in [0.15, 0.2) is 54.6 Å². The van der Waals surface area contributed by atoms with E-state index in [2.05, 4.69) is 40.2 Å². The Balaban J connectivity index is 2.11. The third-order valence-electron chi connectivity index (χ3n) is 5.81. The van der Waals surface area contributed by atoms with Crippen LogP contribution in [0, 0.1) is 5.41 Å². The van der Waals surface area contributed by atoms with Crippen molar-refractivity contribution < 1.29 is 19.1 Å². The highest BCUT2D eigenvalue weighted by molar-refractivity contribution is 9.09. The van der Waals surface area contributed by atoms with Gasteiger partial charge in [0, 0.05) is 18.4 Å². The van der Waals surface area contributed by atoms with Crippen molar-refractivity contribution in [2.75, 3.05) is 13.7 Å². The Hall–Kier alpha value is -2.34. The first-order chi connectivity index (χ1) is 16.3. The van der Waals surface area contributed by atoms with Crippen molar-refractivity contribution in [1.82, 2.24) is 4.90 Å². The number of benzene rings is 2. The molecule has 0 aromatic heterocycles. The molecule has 0 fully saturated rings. The molecular weight excluding hydrogens is 506 g/mol. The molecule has 1 amide bonds. The van der Waals surface area contributed by atoms with E-state index in [1.54, 1.807) is 11.9 Å². The van der Waals surface area contributed by atoms with Crippen molar-refractivity contribution in [2.45, 2.75) is 77.3 Å². The summed E-state index contributed by atoms with van der Waals surface area (Å²) >= 11 is 3.89. The Morgan fingerprint density at radius 2 is 1.54 bits per heavy atom. The average molecular weight is 547 g/mol. The number of carbonyl (C=O) groups excluding carboxylic acids is 2. The topological polar surface area (TPSA) is 55.8 Å². The van der Waals surface area contributed by atoms with Crippen molar-refractivity contribution in [3.05, 3.63) is 71.3 Å². The molecule has 0 saturated carbocycles. The molecule has 0 saturated heterocycles. The van der Waals surface area contributed by atoms with E-state index >= 15 is 0 Å². The van der Waals surface area contributed by atoms with Gasteiger partial charge in [0.2, 0.25) is 0 Å². The highest BCUT2D eigenvalue weighted by Crippen LogP contribution is 2.41. The molecule has 6 heteroatoms. The summed E-state index contributed by atoms with van der Waals surface area (Å²) in [5.74, 6) is 0.0171. The minimum Gasteiger partial charge on any atom is -0.466 e. The lowest BCUT2D eigenvalue weighted by molar-refractivity contribution is -0.154. The molecule has 2 atom stereocenters. The standard InChI is InChI=1S/C29H40BrNO4/c1-8-34-26(32)29(5,6)19-24(22-12-10-9-11-13-22)18-25(30)23-16-14-21(15-17-23)20-31(7)27(33)35-28(2,3)4/h9-17,24-25H,8,18-20H2,1-7H3. The quantitative estimate of drug-likeness (QED) is 0.227. The lowest BCUT2D eigenvalue weighted by atomic mass is 9.77. The SMILES string of the molecule is CCOC(=O)C(C)(C)CC(CC(Br)c1ccc(CN(C)C(=O)OC(C)(C)C)cc1)c1ccccc1. The number of amides is 1. The minimum absolute atomic E-state index is 0.114. The van der Waals surface area contributed by atoms with Crippen LogP contribution in [0.25, 0.3) is 0 Å². The van der Waals surface area contributed by atoms with E-state index in [-0.39, 0.29) is 22.8 Å². The van der Waals surface area contributed by atoms with Crippen molar-refractivity contribution in [2.24, 2.45) is 5.41 Å². The Bertz CT molecular complexity index is 951. The highest BCUT2D eigenvalue weighted by Gasteiger charge is 2.33. The number of rotatable bonds is 10. The van der Waals surface area contributed by atoms with Gasteiger partial charge in [-0.3, -0.25) is 4.79 Å². The van der Waals surface area contributed by atoms with Crippen LogP contribution in [0.4, 0.5) is 4.79 Å². The van der Waals surface area contributed by atoms with Crippen LogP contribution in [-0.4, -0.2) is 36.2 Å². The molecule has 0 aliphatic rings. The van der Waals surface area contributed by atoms with E-state index in [1.165, 1.54) is 5.56 Å². The van der Waals surface area contributed by atoms with Crippen LogP contribution in [0.1, 0.15) is 81.8 Å². The first-order valence-electron chi connectivity index (χ1n) is 12.2. The number of carbonyl (C=O) groups is 2. The predicted molar refractivity (Wildman–Crippen MR) is 145 cm³/mol. The number of halogens is 1. The molecule has 0 aliphatic carbocycles. The first-order valence-corrected chi connectivity index (χ1v) is 13.1. The van der Waals surface area contributed by atoms with Crippen LogP contribution in [0.3, 0.4) is 0 Å². The molecular formula is C29H40BrNO4. The fourth-order valence-electron chi connectivity index (χ4n) is 3.98. The molecule has 192 valence electrons. The van der Waals surface area contributed by atoms with E-state index in [9.17, 15) is 9.59 Å². The van der Waals surface area contributed by atoms with E-state index in [1.807, 2.05) is 71.9 Å². The van der Waals surface area contributed by atoms with E-state index in [0.29, 0.717) is 19.6 Å². The van der Waals surface area contributed by atoms with Gasteiger partial charge in [0.1, 0.15) is 5.60 Å². The summed E-state index contributed by atoms with van der Waals surface area (Å²) in [5.41, 5.74) is 2.30. The van der Waals surface area contributed by atoms with Gasteiger partial charge in [0.05, 0.1) is 12.0 Å². The van der Waals surface area contributed by atoms with Crippen LogP contribution in [0.5, 0.6) is 0 Å². The maximum absolute atomic E-state index is 12.6. The molecule has 0 heterocycles. The van der Waals surface area contributed by atoms with Gasteiger partial charge in [-0.25, -0.2) is 4.79 Å². The van der Waals surface area contributed by atoms with Gasteiger partial charge in [-0.2, -0.15) is 0 Å². The summed E-state index contributed by atoms with van der Waals surface area (Å²) in [5, 5.41) is 0. The molecule has 0 N–H and O–H groups in total. The molecule has 35 heavy (non-hydrogen) atoms. The van der Waals surface area contributed by atoms with Gasteiger partial charge in [0.15, 0.2) is 0 Å². The molecule has 0 bridgehead atoms. The van der Waals surface area contributed by atoms with Gasteiger partial charge >= 0.3 is 12.1 Å². The van der Waals surface area contributed by atoms with Crippen LogP contribution < -0.4 is 0 Å². The second-order valence-electron chi connectivity index (χ2n) is 10.7. The smallest absolute Gasteiger partial charge is 0.410 e. The predicted octanol–water partition coefficient (Wildman–Crippen LogP) is 7.64. The van der Waals surface area contributed by atoms with E-state index < -0.39 is 11.0 Å². The Morgan fingerprint density at radius 1 is 0.943 bits per heavy atom. The van der Waals surface area contributed by atoms with Crippen molar-refractivity contribution in [3.63, 3.8) is 0 Å². The molecule has 5 nitrogen and oxygen atoms in total. The van der Waals surface area contributed by atoms with Gasteiger partial charge in [-0.05, 0) is 77.0 Å². The van der Waals surface area contributed by atoms with Crippen molar-refractivity contribution in [1.29, 1.82) is 0 Å². The van der Waals surface area contributed by atoms with Crippen LogP contribution in [0.2, 0.25) is 0 Å². The maximum Gasteiger partial charge on any atom is 0.410 e. The summed E-state index contributed by atoms with van der Waals surface area (Å²) in [6, 6.07) is 18.6. The fourth-order valence-corrected chi connectivity index (χ4v) is 4.74. The lowest BCUT2D eigenvalue weighted by Crippen LogP contribution is -2.33. The molecule has 0 spiro atoms. The van der Waals surface area contributed by atoms with E-state index in [0.717, 1.165) is 17.5 Å². The Kier molecular flexibility index (Phi) is 10.4. The van der Waals surface area contributed by atoms with Crippen LogP contribution in [-0.2, 0) is 20.8 Å². The Labute approximate surface area is 219 Å². The van der Waals surface area contributed by atoms with E-state index in [4.69, 9.17) is 9.47 Å². The van der Waals surface area contributed by atoms with Gasteiger partial charge < -0.3 is 14.4 Å². The number of ether oxygens (including phenoxy) is 2. The number of hydrogen-bond acceptors (Lipinski definition) is 4. The highest BCUT2D eigenvalue weighted by atomic mass is 79.9. The maximum atomic E-state index is 12.6. The van der Waals surface area contributed by atoms with Gasteiger partial charge in [0.25, 0.3) is 0 Å². The monoisotopic (exact) mass is 545 g/mol. The summed E-state index contributed by atoms with van der Waals surface area (Å²) in [7, 11) is 1.74. The van der Waals surface area contributed by atoms with Crippen molar-refractivity contribution >= 4 is 28.0 Å². The summed E-state index contributed by atoms with van der Waals surface area (Å²) < 4.78 is 10.8. The molecule has 2 rings (SSSR count). The lowest BCUT2D eigenvalue weighted by Gasteiger charge is -2.29. The number of esters is 1. The Morgan fingerprint density at radius 3 is 2.09 bits per heavy atom. The number of hydrogen-bond donors (Lipinski definition) is 0. The summed E-state index contributed by atoms with van der Waals surface area (Å²) in [4.78, 5) is 26.5. The molecule has 2 aromatic carbocycles. The molecule has 2 unspecified atom stereocenters. The third kappa shape index (κ3) is 9.32. The number of alkyl halides is 1. The minimum atomic E-state index is -0.584.